The molecule has 0 aliphatic carbocycles. The van der Waals surface area contributed by atoms with Crippen molar-refractivity contribution in [3.63, 3.8) is 0 Å². The lowest BCUT2D eigenvalue weighted by molar-refractivity contribution is -0.138. The van der Waals surface area contributed by atoms with Crippen LogP contribution in [-0.2, 0) is 27.2 Å². The summed E-state index contributed by atoms with van der Waals surface area (Å²) in [4.78, 5) is 50.8. The molecular formula is C34H39N5O6. The maximum absolute atomic E-state index is 13.9. The zero-order valence-electron chi connectivity index (χ0n) is 26.1. The highest BCUT2D eigenvalue weighted by atomic mass is 16.4. The monoisotopic (exact) mass is 613 g/mol. The van der Waals surface area contributed by atoms with E-state index in [4.69, 9.17) is 0 Å². The lowest BCUT2D eigenvalue weighted by Crippen LogP contribution is -2.40. The Balaban J connectivity index is 1.90. The van der Waals surface area contributed by atoms with Crippen LogP contribution in [0.15, 0.2) is 12.1 Å². The Labute approximate surface area is 259 Å². The van der Waals surface area contributed by atoms with Gasteiger partial charge in [0.25, 0.3) is 0 Å². The molecule has 4 aromatic rings. The van der Waals surface area contributed by atoms with Crippen molar-refractivity contribution in [1.82, 2.24) is 25.3 Å². The number of fused-ring (bicyclic) bond motifs is 8. The zero-order chi connectivity index (χ0) is 32.6. The van der Waals surface area contributed by atoms with Crippen molar-refractivity contribution in [2.45, 2.75) is 59.4 Å². The smallest absolute Gasteiger partial charge is 0.303 e. The second-order valence-electron chi connectivity index (χ2n) is 11.7. The van der Waals surface area contributed by atoms with Crippen molar-refractivity contribution < 1.29 is 29.7 Å². The molecule has 0 unspecified atom stereocenters. The highest BCUT2D eigenvalue weighted by Gasteiger charge is 2.25. The number of carbonyl (C=O) groups is 3. The molecule has 8 N–H and O–H groups in total. The number of H-pyrrole nitrogens is 4. The summed E-state index contributed by atoms with van der Waals surface area (Å²) < 4.78 is 0. The molecule has 0 radical (unpaired) electrons. The van der Waals surface area contributed by atoms with Gasteiger partial charge in [0.2, 0.25) is 0 Å². The van der Waals surface area contributed by atoms with Gasteiger partial charge in [-0.15, -0.1) is 0 Å². The van der Waals surface area contributed by atoms with Gasteiger partial charge < -0.3 is 40.6 Å². The Morgan fingerprint density at radius 1 is 0.756 bits per heavy atom. The number of hydrogen-bond acceptors (Lipinski definition) is 5. The number of aryl methyl sites for hydroxylation is 2. The van der Waals surface area contributed by atoms with E-state index in [0.29, 0.717) is 29.5 Å². The molecule has 11 nitrogen and oxygen atoms in total. The van der Waals surface area contributed by atoms with Crippen LogP contribution in [0.1, 0.15) is 69.0 Å². The molecule has 4 aromatic heterocycles. The molecule has 1 aliphatic rings. The van der Waals surface area contributed by atoms with Crippen LogP contribution in [0.2, 0.25) is 0 Å². The summed E-state index contributed by atoms with van der Waals surface area (Å²) in [5.41, 5.74) is 8.51. The molecule has 0 spiro atoms. The SMILES string of the molecule is CN[C@@H](CO)C(=O)C1=c2[nH]c(cc2C)=Cc2[nH]c(c(CCC(=O)O)c2C)C=c2[nH]c(c(C)c2CCC(=O)O)=Cc2[nH]c1cc2C. The third kappa shape index (κ3) is 6.22. The maximum Gasteiger partial charge on any atom is 0.303 e. The number of hydrogen-bond donors (Lipinski definition) is 8. The number of carboxylic acids is 2. The van der Waals surface area contributed by atoms with Crippen LogP contribution in [0.4, 0.5) is 0 Å². The van der Waals surface area contributed by atoms with E-state index < -0.39 is 18.0 Å². The molecule has 45 heavy (non-hydrogen) atoms. The Morgan fingerprint density at radius 3 is 2.07 bits per heavy atom. The van der Waals surface area contributed by atoms with Crippen LogP contribution in [-0.4, -0.2) is 72.7 Å². The summed E-state index contributed by atoms with van der Waals surface area (Å²) in [6, 6.07) is 3.04. The van der Waals surface area contributed by atoms with Crippen molar-refractivity contribution >= 4 is 41.5 Å². The fourth-order valence-corrected chi connectivity index (χ4v) is 6.10. The average molecular weight is 614 g/mol. The van der Waals surface area contributed by atoms with Crippen LogP contribution in [0.3, 0.4) is 0 Å². The van der Waals surface area contributed by atoms with Crippen LogP contribution in [0, 0.1) is 27.7 Å². The Kier molecular flexibility index (Phi) is 8.85. The van der Waals surface area contributed by atoms with E-state index in [2.05, 4.69) is 25.3 Å². The quantitative estimate of drug-likeness (QED) is 0.127. The van der Waals surface area contributed by atoms with Crippen molar-refractivity contribution in [1.29, 1.82) is 0 Å². The first-order valence-electron chi connectivity index (χ1n) is 14.9. The van der Waals surface area contributed by atoms with Gasteiger partial charge in [0.05, 0.1) is 29.3 Å². The fraction of sp³-hybridized carbons (Fsp3) is 0.324. The van der Waals surface area contributed by atoms with Crippen LogP contribution < -0.4 is 26.7 Å². The van der Waals surface area contributed by atoms with Gasteiger partial charge in [-0.1, -0.05) is 0 Å². The summed E-state index contributed by atoms with van der Waals surface area (Å²) >= 11 is 0. The molecule has 1 aliphatic heterocycles. The largest absolute Gasteiger partial charge is 0.481 e. The number of aromatic amines is 4. The van der Waals surface area contributed by atoms with E-state index in [-0.39, 0.29) is 25.2 Å². The molecule has 0 fully saturated rings. The number of carbonyl (C=O) groups excluding carboxylic acids is 1. The summed E-state index contributed by atoms with van der Waals surface area (Å²) in [5.74, 6) is -2.08. The molecule has 0 saturated carbocycles. The highest BCUT2D eigenvalue weighted by molar-refractivity contribution is 6.22. The number of likely N-dealkylation sites (N-methyl/N-ethyl adjacent to an activating group) is 1. The van der Waals surface area contributed by atoms with Gasteiger partial charge in [-0.05, 0) is 111 Å². The van der Waals surface area contributed by atoms with E-state index in [0.717, 1.165) is 66.5 Å². The minimum Gasteiger partial charge on any atom is -0.481 e. The predicted molar refractivity (Wildman–Crippen MR) is 171 cm³/mol. The topological polar surface area (TPSA) is 187 Å². The van der Waals surface area contributed by atoms with E-state index in [1.807, 2.05) is 58.1 Å². The normalized spacial score (nSPS) is 13.2. The van der Waals surface area contributed by atoms with E-state index >= 15 is 0 Å². The predicted octanol–water partition coefficient (Wildman–Crippen LogP) is 0.415. The van der Waals surface area contributed by atoms with Gasteiger partial charge in [0, 0.05) is 46.0 Å². The number of ketones is 1. The molecule has 5 heterocycles. The number of Topliss-reactive ketones (excluding diaryl/α,β-unsaturated/α-hetero) is 1. The highest BCUT2D eigenvalue weighted by Crippen LogP contribution is 2.23. The maximum atomic E-state index is 13.9. The zero-order valence-corrected chi connectivity index (χ0v) is 26.1. The van der Waals surface area contributed by atoms with E-state index in [1.54, 1.807) is 7.05 Å². The lowest BCUT2D eigenvalue weighted by Gasteiger charge is -2.14. The van der Waals surface area contributed by atoms with E-state index in [9.17, 15) is 29.7 Å². The lowest BCUT2D eigenvalue weighted by atomic mass is 10.00. The van der Waals surface area contributed by atoms with Crippen LogP contribution >= 0.6 is 0 Å². The average Bonchev–Trinajstić information content (AvgIpc) is 3.68. The molecule has 0 amide bonds. The summed E-state index contributed by atoms with van der Waals surface area (Å²) in [6.07, 6.45) is 6.32. The van der Waals surface area contributed by atoms with Gasteiger partial charge in [-0.25, -0.2) is 0 Å². The first-order chi connectivity index (χ1) is 21.4. The third-order valence-corrected chi connectivity index (χ3v) is 8.66. The molecule has 5 rings (SSSR count). The third-order valence-electron chi connectivity index (χ3n) is 8.66. The summed E-state index contributed by atoms with van der Waals surface area (Å²) in [6.45, 7) is 7.37. The Morgan fingerprint density at radius 2 is 1.42 bits per heavy atom. The van der Waals surface area contributed by atoms with Crippen molar-refractivity contribution in [2.75, 3.05) is 13.7 Å². The van der Waals surface area contributed by atoms with Gasteiger partial charge in [0.15, 0.2) is 5.78 Å². The van der Waals surface area contributed by atoms with E-state index in [1.165, 1.54) is 0 Å². The number of aliphatic hydroxyl groups is 1. The van der Waals surface area contributed by atoms with Crippen LogP contribution in [0.5, 0.6) is 0 Å². The van der Waals surface area contributed by atoms with Gasteiger partial charge >= 0.3 is 11.9 Å². The second kappa shape index (κ2) is 12.6. The first kappa shape index (κ1) is 31.6. The number of aromatic nitrogens is 4. The van der Waals surface area contributed by atoms with Crippen LogP contribution in [0.25, 0.3) is 23.8 Å². The molecule has 0 saturated heterocycles. The Hall–Kier alpha value is -4.87. The number of carboxylic acid groups (broad SMARTS) is 2. The first-order valence-corrected chi connectivity index (χ1v) is 14.9. The number of aliphatic hydroxyl groups excluding tert-OH is 1. The number of aliphatic carboxylic acids is 2. The fourth-order valence-electron chi connectivity index (χ4n) is 6.10. The number of rotatable bonds is 10. The molecule has 236 valence electrons. The minimum atomic E-state index is -0.902. The van der Waals surface area contributed by atoms with Gasteiger partial charge in [0.1, 0.15) is 0 Å². The molecule has 11 heteroatoms. The summed E-state index contributed by atoms with van der Waals surface area (Å²) in [7, 11) is 1.63. The summed E-state index contributed by atoms with van der Waals surface area (Å²) in [5, 5.41) is 34.7. The van der Waals surface area contributed by atoms with Crippen molar-refractivity contribution in [3.05, 3.63) is 89.7 Å². The van der Waals surface area contributed by atoms with Gasteiger partial charge in [-0.2, -0.15) is 0 Å². The standard InChI is InChI=1S/C34H39N5O6/c1-16-11-28-32(34(45)29(15-40)35-5)33-17(2)10-20(36-33)12-24-18(3)21(6-8-30(41)42)26(38-24)14-27-22(7-9-31(43)44)19(4)25(39-27)13-23(16)37-28/h10-14,29,35-40H,6-9,15H2,1-5H3,(H,41,42)(H,43,44)/t29-/m0/s1. The second-order valence-corrected chi connectivity index (χ2v) is 11.7. The van der Waals surface area contributed by atoms with Crippen molar-refractivity contribution in [2.24, 2.45) is 0 Å². The molecular weight excluding hydrogens is 574 g/mol. The Bertz CT molecular complexity index is 2070. The number of nitrogens with one attached hydrogen (secondary N) is 5. The molecule has 8 bridgehead atoms. The molecule has 0 aromatic carbocycles. The molecule has 1 atom stereocenters. The minimum absolute atomic E-state index is 0.0501. The van der Waals surface area contributed by atoms with Crippen molar-refractivity contribution in [3.8, 4) is 0 Å². The van der Waals surface area contributed by atoms with Gasteiger partial charge in [-0.3, -0.25) is 14.4 Å².